The topological polar surface area (TPSA) is 64.4 Å². The molecular weight excluding hydrogens is 282 g/mol. The maximum absolute atomic E-state index is 13.5. The molecule has 0 saturated carbocycles. The Kier molecular flexibility index (Phi) is 4.32. The number of anilines is 1. The van der Waals surface area contributed by atoms with E-state index in [1.807, 2.05) is 0 Å². The average Bonchev–Trinajstić information content (AvgIpc) is 2.47. The van der Waals surface area contributed by atoms with Crippen molar-refractivity contribution in [3.8, 4) is 5.75 Å². The fraction of sp³-hybridized carbons (Fsp3) is 0.143. The number of ether oxygens (including phenoxy) is 1. The third kappa shape index (κ3) is 3.25. The van der Waals surface area contributed by atoms with Crippen LogP contribution in [0.1, 0.15) is 5.56 Å². The number of nitrogens with zero attached hydrogens (tertiary/aromatic N) is 1. The highest BCUT2D eigenvalue weighted by Crippen LogP contribution is 2.34. The van der Waals surface area contributed by atoms with E-state index in [9.17, 15) is 18.9 Å². The van der Waals surface area contributed by atoms with Gasteiger partial charge in [-0.25, -0.2) is 8.78 Å². The van der Waals surface area contributed by atoms with Crippen molar-refractivity contribution >= 4 is 11.4 Å². The highest BCUT2D eigenvalue weighted by molar-refractivity contribution is 5.68. The Labute approximate surface area is 119 Å². The fourth-order valence-corrected chi connectivity index (χ4v) is 1.89. The summed E-state index contributed by atoms with van der Waals surface area (Å²) in [6.45, 7) is -0.0857. The van der Waals surface area contributed by atoms with Gasteiger partial charge in [0.15, 0.2) is 5.75 Å². The Hall–Kier alpha value is -2.70. The van der Waals surface area contributed by atoms with Gasteiger partial charge in [0.2, 0.25) is 0 Å². The predicted octanol–water partition coefficient (Wildman–Crippen LogP) is 3.49. The van der Waals surface area contributed by atoms with Crippen molar-refractivity contribution in [1.82, 2.24) is 0 Å². The minimum Gasteiger partial charge on any atom is -0.490 e. The number of para-hydroxylation sites is 1. The van der Waals surface area contributed by atoms with E-state index >= 15 is 0 Å². The average molecular weight is 294 g/mol. The van der Waals surface area contributed by atoms with Crippen LogP contribution >= 0.6 is 0 Å². The molecule has 0 atom stereocenters. The second-order valence-electron chi connectivity index (χ2n) is 4.20. The number of methoxy groups -OCH3 is 1. The van der Waals surface area contributed by atoms with Gasteiger partial charge in [-0.1, -0.05) is 6.07 Å². The number of nitro groups is 1. The summed E-state index contributed by atoms with van der Waals surface area (Å²) in [6.07, 6.45) is 0. The normalized spacial score (nSPS) is 10.2. The van der Waals surface area contributed by atoms with Crippen LogP contribution in [-0.2, 0) is 6.54 Å². The molecule has 2 aromatic rings. The lowest BCUT2D eigenvalue weighted by atomic mass is 10.2. The lowest BCUT2D eigenvalue weighted by molar-refractivity contribution is -0.384. The second-order valence-corrected chi connectivity index (χ2v) is 4.20. The largest absolute Gasteiger partial charge is 0.490 e. The van der Waals surface area contributed by atoms with Crippen molar-refractivity contribution in [3.05, 3.63) is 63.7 Å². The van der Waals surface area contributed by atoms with E-state index in [4.69, 9.17) is 4.74 Å². The monoisotopic (exact) mass is 294 g/mol. The molecule has 0 amide bonds. The van der Waals surface area contributed by atoms with Gasteiger partial charge in [0.25, 0.3) is 0 Å². The molecule has 0 aromatic heterocycles. The van der Waals surface area contributed by atoms with E-state index in [1.165, 1.54) is 19.2 Å². The van der Waals surface area contributed by atoms with Gasteiger partial charge in [0.05, 0.1) is 12.0 Å². The van der Waals surface area contributed by atoms with Gasteiger partial charge >= 0.3 is 5.69 Å². The molecular formula is C14H12F2N2O3. The summed E-state index contributed by atoms with van der Waals surface area (Å²) in [6, 6.07) is 7.54. The van der Waals surface area contributed by atoms with Crippen LogP contribution in [0.3, 0.4) is 0 Å². The first kappa shape index (κ1) is 14.7. The van der Waals surface area contributed by atoms with E-state index in [-0.39, 0.29) is 29.2 Å². The summed E-state index contributed by atoms with van der Waals surface area (Å²) in [4.78, 5) is 10.5. The predicted molar refractivity (Wildman–Crippen MR) is 73.3 cm³/mol. The van der Waals surface area contributed by atoms with Crippen LogP contribution in [0.2, 0.25) is 0 Å². The van der Waals surface area contributed by atoms with Gasteiger partial charge in [-0.05, 0) is 30.3 Å². The molecule has 5 nitrogen and oxygen atoms in total. The summed E-state index contributed by atoms with van der Waals surface area (Å²) in [5.41, 5.74) is -0.00746. The molecule has 0 spiro atoms. The first-order valence-electron chi connectivity index (χ1n) is 6.02. The zero-order chi connectivity index (χ0) is 15.4. The van der Waals surface area contributed by atoms with E-state index < -0.39 is 16.6 Å². The highest BCUT2D eigenvalue weighted by Gasteiger charge is 2.20. The Bertz CT molecular complexity index is 677. The summed E-state index contributed by atoms with van der Waals surface area (Å²) in [5, 5.41) is 13.8. The first-order chi connectivity index (χ1) is 10.0. The molecule has 0 radical (unpaired) electrons. The third-order valence-electron chi connectivity index (χ3n) is 2.88. The first-order valence-corrected chi connectivity index (χ1v) is 6.02. The molecule has 0 bridgehead atoms. The molecule has 0 fully saturated rings. The molecule has 7 heteroatoms. The van der Waals surface area contributed by atoms with Gasteiger partial charge in [-0.3, -0.25) is 10.1 Å². The number of nitrogens with one attached hydrogen (secondary N) is 1. The number of nitro benzene ring substituents is 1. The number of halogens is 2. The van der Waals surface area contributed by atoms with Crippen LogP contribution in [0.4, 0.5) is 20.2 Å². The van der Waals surface area contributed by atoms with Crippen LogP contribution in [-0.4, -0.2) is 12.0 Å². The van der Waals surface area contributed by atoms with Crippen molar-refractivity contribution in [2.75, 3.05) is 12.4 Å². The zero-order valence-electron chi connectivity index (χ0n) is 11.1. The third-order valence-corrected chi connectivity index (χ3v) is 2.88. The zero-order valence-corrected chi connectivity index (χ0v) is 11.1. The number of benzene rings is 2. The Morgan fingerprint density at radius 2 is 2.05 bits per heavy atom. The Morgan fingerprint density at radius 1 is 1.29 bits per heavy atom. The number of hydrogen-bond donors (Lipinski definition) is 1. The van der Waals surface area contributed by atoms with Gasteiger partial charge in [0, 0.05) is 12.1 Å². The van der Waals surface area contributed by atoms with Crippen LogP contribution in [0.25, 0.3) is 0 Å². The molecule has 0 aliphatic heterocycles. The van der Waals surface area contributed by atoms with Gasteiger partial charge in [-0.15, -0.1) is 0 Å². The molecule has 21 heavy (non-hydrogen) atoms. The molecule has 0 heterocycles. The molecule has 2 aromatic carbocycles. The van der Waals surface area contributed by atoms with Crippen molar-refractivity contribution in [3.63, 3.8) is 0 Å². The molecule has 0 unspecified atom stereocenters. The minimum absolute atomic E-state index is 0.0760. The van der Waals surface area contributed by atoms with Crippen molar-refractivity contribution in [2.24, 2.45) is 0 Å². The van der Waals surface area contributed by atoms with Gasteiger partial charge in [-0.2, -0.15) is 0 Å². The summed E-state index contributed by atoms with van der Waals surface area (Å²) in [5.74, 6) is -1.08. The lowest BCUT2D eigenvalue weighted by Gasteiger charge is -2.10. The molecule has 0 saturated heterocycles. The number of hydrogen-bond acceptors (Lipinski definition) is 4. The fourth-order valence-electron chi connectivity index (χ4n) is 1.89. The smallest absolute Gasteiger partial charge is 0.333 e. The Balaban J connectivity index is 2.28. The second kappa shape index (κ2) is 6.17. The quantitative estimate of drug-likeness (QED) is 0.677. The van der Waals surface area contributed by atoms with Crippen LogP contribution < -0.4 is 10.1 Å². The minimum atomic E-state index is -0.594. The van der Waals surface area contributed by atoms with E-state index in [2.05, 4.69) is 5.32 Å². The summed E-state index contributed by atoms with van der Waals surface area (Å²) < 4.78 is 31.5. The van der Waals surface area contributed by atoms with Gasteiger partial charge < -0.3 is 10.1 Å². The molecule has 0 aliphatic rings. The van der Waals surface area contributed by atoms with Crippen LogP contribution in [0.15, 0.2) is 36.4 Å². The Morgan fingerprint density at radius 3 is 2.71 bits per heavy atom. The molecule has 0 aliphatic carbocycles. The SMILES string of the molecule is COc1cccc(NCc2cc(F)ccc2F)c1[N+](=O)[O-]. The summed E-state index contributed by atoms with van der Waals surface area (Å²) in [7, 11) is 1.32. The van der Waals surface area contributed by atoms with Gasteiger partial charge in [0.1, 0.15) is 17.3 Å². The maximum Gasteiger partial charge on any atom is 0.333 e. The highest BCUT2D eigenvalue weighted by atomic mass is 19.1. The van der Waals surface area contributed by atoms with Crippen LogP contribution in [0.5, 0.6) is 5.75 Å². The van der Waals surface area contributed by atoms with E-state index in [0.717, 1.165) is 18.2 Å². The summed E-state index contributed by atoms with van der Waals surface area (Å²) >= 11 is 0. The maximum atomic E-state index is 13.5. The molecule has 110 valence electrons. The standard InChI is InChI=1S/C14H12F2N2O3/c1-21-13-4-2-3-12(14(13)18(19)20)17-8-9-7-10(15)5-6-11(9)16/h2-7,17H,8H2,1H3. The van der Waals surface area contributed by atoms with E-state index in [1.54, 1.807) is 6.07 Å². The van der Waals surface area contributed by atoms with E-state index in [0.29, 0.717) is 0 Å². The lowest BCUT2D eigenvalue weighted by Crippen LogP contribution is -2.05. The van der Waals surface area contributed by atoms with Crippen molar-refractivity contribution < 1.29 is 18.4 Å². The van der Waals surface area contributed by atoms with Crippen LogP contribution in [0, 0.1) is 21.7 Å². The van der Waals surface area contributed by atoms with Crippen molar-refractivity contribution in [2.45, 2.75) is 6.54 Å². The molecule has 2 rings (SSSR count). The number of rotatable bonds is 5. The molecule has 1 N–H and O–H groups in total. The van der Waals surface area contributed by atoms with Crippen molar-refractivity contribution in [1.29, 1.82) is 0 Å².